The number of aromatic nitrogens is 3. The van der Waals surface area contributed by atoms with E-state index >= 15 is 0 Å². The first-order chi connectivity index (χ1) is 11.0. The van der Waals surface area contributed by atoms with Gasteiger partial charge in [0.2, 0.25) is 0 Å². The third kappa shape index (κ3) is 2.52. The van der Waals surface area contributed by atoms with Crippen molar-refractivity contribution in [2.24, 2.45) is 7.05 Å². The topological polar surface area (TPSA) is 49.1 Å². The van der Waals surface area contributed by atoms with E-state index < -0.39 is 0 Å². The van der Waals surface area contributed by atoms with Gasteiger partial charge in [0.25, 0.3) is 0 Å². The number of rotatable bonds is 4. The van der Waals surface area contributed by atoms with E-state index in [1.54, 1.807) is 4.68 Å². The van der Waals surface area contributed by atoms with Gasteiger partial charge >= 0.3 is 5.97 Å². The molecule has 0 aliphatic heterocycles. The lowest BCUT2D eigenvalue weighted by Crippen LogP contribution is -2.10. The van der Waals surface area contributed by atoms with Gasteiger partial charge in [0, 0.05) is 35.4 Å². The number of ether oxygens (including phenoxy) is 1. The second-order valence-electron chi connectivity index (χ2n) is 5.69. The summed E-state index contributed by atoms with van der Waals surface area (Å²) < 4.78 is 9.22. The van der Waals surface area contributed by atoms with Crippen molar-refractivity contribution in [3.63, 3.8) is 0 Å². The van der Waals surface area contributed by atoms with Gasteiger partial charge in [-0.3, -0.25) is 4.68 Å². The molecule has 0 amide bonds. The van der Waals surface area contributed by atoms with Gasteiger partial charge in [0.15, 0.2) is 0 Å². The quantitative estimate of drug-likeness (QED) is 0.693. The fourth-order valence-corrected chi connectivity index (χ4v) is 3.16. The highest BCUT2D eigenvalue weighted by molar-refractivity contribution is 6.06. The maximum atomic E-state index is 12.4. The highest BCUT2D eigenvalue weighted by Gasteiger charge is 2.24. The van der Waals surface area contributed by atoms with Crippen molar-refractivity contribution in [2.45, 2.75) is 26.8 Å². The molecule has 2 heterocycles. The Morgan fingerprint density at radius 3 is 2.74 bits per heavy atom. The van der Waals surface area contributed by atoms with Crippen LogP contribution in [0.1, 0.15) is 41.5 Å². The molecule has 0 spiro atoms. The van der Waals surface area contributed by atoms with E-state index in [-0.39, 0.29) is 12.0 Å². The smallest absolute Gasteiger partial charge is 0.340 e. The summed E-state index contributed by atoms with van der Waals surface area (Å²) >= 11 is 0. The molecule has 5 nitrogen and oxygen atoms in total. The molecule has 0 aliphatic carbocycles. The zero-order valence-corrected chi connectivity index (χ0v) is 13.9. The van der Waals surface area contributed by atoms with Crippen molar-refractivity contribution in [3.8, 4) is 0 Å². The number of para-hydroxylation sites is 1. The summed E-state index contributed by atoms with van der Waals surface area (Å²) in [4.78, 5) is 12.4. The zero-order valence-electron chi connectivity index (χ0n) is 13.9. The summed E-state index contributed by atoms with van der Waals surface area (Å²) in [7, 11) is 1.90. The summed E-state index contributed by atoms with van der Waals surface area (Å²) in [6.45, 7) is 6.28. The molecule has 1 atom stereocenters. The maximum absolute atomic E-state index is 12.4. The fraction of sp³-hybridized carbons (Fsp3) is 0.333. The first kappa shape index (κ1) is 15.3. The molecule has 0 radical (unpaired) electrons. The second kappa shape index (κ2) is 5.91. The summed E-state index contributed by atoms with van der Waals surface area (Å²) in [5.41, 5.74) is 3.70. The monoisotopic (exact) mass is 311 g/mol. The van der Waals surface area contributed by atoms with Gasteiger partial charge in [-0.05, 0) is 26.8 Å². The summed E-state index contributed by atoms with van der Waals surface area (Å²) in [5.74, 6) is -0.265. The Bertz CT molecular complexity index is 860. The zero-order chi connectivity index (χ0) is 16.6. The number of benzene rings is 1. The Labute approximate surface area is 135 Å². The summed E-state index contributed by atoms with van der Waals surface area (Å²) in [6.07, 6.45) is 3.87. The van der Waals surface area contributed by atoms with Crippen LogP contribution in [0.5, 0.6) is 0 Å². The lowest BCUT2D eigenvalue weighted by Gasteiger charge is -2.16. The molecule has 3 rings (SSSR count). The molecular formula is C18H21N3O2. The minimum Gasteiger partial charge on any atom is -0.462 e. The van der Waals surface area contributed by atoms with Crippen molar-refractivity contribution < 1.29 is 9.53 Å². The van der Waals surface area contributed by atoms with Crippen LogP contribution in [0.25, 0.3) is 10.9 Å². The molecule has 2 aromatic heterocycles. The van der Waals surface area contributed by atoms with Crippen molar-refractivity contribution in [1.82, 2.24) is 14.3 Å². The normalized spacial score (nSPS) is 12.5. The lowest BCUT2D eigenvalue weighted by atomic mass is 10.1. The van der Waals surface area contributed by atoms with E-state index in [1.165, 1.54) is 0 Å². The Morgan fingerprint density at radius 2 is 2.09 bits per heavy atom. The molecular weight excluding hydrogens is 290 g/mol. The van der Waals surface area contributed by atoms with E-state index in [9.17, 15) is 4.79 Å². The molecule has 0 saturated heterocycles. The predicted molar refractivity (Wildman–Crippen MR) is 89.7 cm³/mol. The molecule has 1 unspecified atom stereocenters. The van der Waals surface area contributed by atoms with Crippen LogP contribution >= 0.6 is 0 Å². The standard InChI is InChI=1S/C18H21N3O2/c1-5-23-18(22)17-13(3)21(16-9-7-6-8-15(16)17)12(2)14-10-19-20(4)11-14/h6-12H,5H2,1-4H3. The van der Waals surface area contributed by atoms with Gasteiger partial charge in [-0.25, -0.2) is 4.79 Å². The number of hydrogen-bond donors (Lipinski definition) is 0. The Kier molecular flexibility index (Phi) is 3.94. The lowest BCUT2D eigenvalue weighted by molar-refractivity contribution is 0.0527. The summed E-state index contributed by atoms with van der Waals surface area (Å²) in [6, 6.07) is 8.03. The molecule has 0 aliphatic rings. The van der Waals surface area contributed by atoms with Crippen LogP contribution in [-0.4, -0.2) is 26.9 Å². The molecule has 23 heavy (non-hydrogen) atoms. The van der Waals surface area contributed by atoms with Crippen LogP contribution in [0.2, 0.25) is 0 Å². The van der Waals surface area contributed by atoms with Crippen molar-refractivity contribution >= 4 is 16.9 Å². The SMILES string of the molecule is CCOC(=O)c1c(C)n(C(C)c2cnn(C)c2)c2ccccc12. The molecule has 0 saturated carbocycles. The van der Waals surface area contributed by atoms with Crippen LogP contribution in [0, 0.1) is 6.92 Å². The number of fused-ring (bicyclic) bond motifs is 1. The predicted octanol–water partition coefficient (Wildman–Crippen LogP) is 3.47. The van der Waals surface area contributed by atoms with Crippen molar-refractivity contribution in [2.75, 3.05) is 6.61 Å². The van der Waals surface area contributed by atoms with E-state index in [0.29, 0.717) is 12.2 Å². The molecule has 1 aromatic carbocycles. The minimum absolute atomic E-state index is 0.0803. The first-order valence-electron chi connectivity index (χ1n) is 7.79. The molecule has 120 valence electrons. The van der Waals surface area contributed by atoms with Crippen LogP contribution in [0.3, 0.4) is 0 Å². The number of aryl methyl sites for hydroxylation is 1. The average molecular weight is 311 g/mol. The largest absolute Gasteiger partial charge is 0.462 e. The van der Waals surface area contributed by atoms with Crippen molar-refractivity contribution in [3.05, 3.63) is 53.5 Å². The number of carbonyl (C=O) groups excluding carboxylic acids is 1. The van der Waals surface area contributed by atoms with Gasteiger partial charge in [0.1, 0.15) is 0 Å². The Morgan fingerprint density at radius 1 is 1.35 bits per heavy atom. The Hall–Kier alpha value is -2.56. The number of carbonyl (C=O) groups is 1. The van der Waals surface area contributed by atoms with Gasteiger partial charge in [0.05, 0.1) is 24.4 Å². The number of hydrogen-bond acceptors (Lipinski definition) is 3. The van der Waals surface area contributed by atoms with E-state index in [4.69, 9.17) is 4.74 Å². The first-order valence-corrected chi connectivity index (χ1v) is 7.79. The van der Waals surface area contributed by atoms with E-state index in [2.05, 4.69) is 16.6 Å². The number of nitrogens with zero attached hydrogens (tertiary/aromatic N) is 3. The third-order valence-corrected chi connectivity index (χ3v) is 4.23. The molecule has 3 aromatic rings. The Balaban J connectivity index is 2.21. The molecule has 0 bridgehead atoms. The van der Waals surface area contributed by atoms with Gasteiger partial charge in [-0.15, -0.1) is 0 Å². The van der Waals surface area contributed by atoms with Crippen molar-refractivity contribution in [1.29, 1.82) is 0 Å². The number of esters is 1. The molecule has 5 heteroatoms. The average Bonchev–Trinajstić information content (AvgIpc) is 3.07. The highest BCUT2D eigenvalue weighted by Crippen LogP contribution is 2.32. The van der Waals surface area contributed by atoms with Crippen LogP contribution < -0.4 is 0 Å². The van der Waals surface area contributed by atoms with Crippen LogP contribution in [0.4, 0.5) is 0 Å². The fourth-order valence-electron chi connectivity index (χ4n) is 3.16. The van der Waals surface area contributed by atoms with Crippen LogP contribution in [0.15, 0.2) is 36.7 Å². The van der Waals surface area contributed by atoms with Gasteiger partial charge in [-0.1, -0.05) is 18.2 Å². The highest BCUT2D eigenvalue weighted by atomic mass is 16.5. The van der Waals surface area contributed by atoms with Crippen LogP contribution in [-0.2, 0) is 11.8 Å². The minimum atomic E-state index is -0.265. The van der Waals surface area contributed by atoms with Gasteiger partial charge < -0.3 is 9.30 Å². The molecule has 0 fully saturated rings. The van der Waals surface area contributed by atoms with E-state index in [0.717, 1.165) is 22.2 Å². The maximum Gasteiger partial charge on any atom is 0.340 e. The third-order valence-electron chi connectivity index (χ3n) is 4.23. The van der Waals surface area contributed by atoms with Gasteiger partial charge in [-0.2, -0.15) is 5.10 Å². The van der Waals surface area contributed by atoms with E-state index in [1.807, 2.05) is 57.6 Å². The molecule has 0 N–H and O–H groups in total. The summed E-state index contributed by atoms with van der Waals surface area (Å²) in [5, 5.41) is 5.19. The second-order valence-corrected chi connectivity index (χ2v) is 5.69.